The monoisotopic (exact) mass is 343 g/mol. The van der Waals surface area contributed by atoms with Crippen molar-refractivity contribution < 1.29 is 4.79 Å². The second-order valence-corrected chi connectivity index (χ2v) is 6.57. The summed E-state index contributed by atoms with van der Waals surface area (Å²) in [6.07, 6.45) is 4.45. The number of carbonyl (C=O) groups excluding carboxylic acids is 1. The van der Waals surface area contributed by atoms with Crippen molar-refractivity contribution in [1.29, 1.82) is 0 Å². The van der Waals surface area contributed by atoms with Gasteiger partial charge < -0.3 is 10.2 Å². The van der Waals surface area contributed by atoms with E-state index in [9.17, 15) is 4.79 Å². The number of hydrogen-bond acceptors (Lipinski definition) is 3. The number of rotatable bonds is 4. The summed E-state index contributed by atoms with van der Waals surface area (Å²) in [6, 6.07) is 20.2. The van der Waals surface area contributed by atoms with Gasteiger partial charge in [0, 0.05) is 18.4 Å². The number of aromatic nitrogens is 1. The van der Waals surface area contributed by atoms with Crippen LogP contribution in [-0.4, -0.2) is 17.4 Å². The molecule has 130 valence electrons. The second kappa shape index (κ2) is 7.00. The normalized spacial score (nSPS) is 14.0. The Kier molecular flexibility index (Phi) is 4.40. The average Bonchev–Trinajstić information content (AvgIpc) is 3.13. The number of pyridine rings is 1. The molecule has 0 fully saturated rings. The zero-order chi connectivity index (χ0) is 17.9. The molecule has 3 aromatic rings. The quantitative estimate of drug-likeness (QED) is 0.769. The van der Waals surface area contributed by atoms with Crippen LogP contribution in [0.4, 0.5) is 11.4 Å². The molecule has 4 heteroatoms. The molecule has 0 saturated carbocycles. The summed E-state index contributed by atoms with van der Waals surface area (Å²) in [7, 11) is 0. The molecule has 1 aromatic heterocycles. The van der Waals surface area contributed by atoms with Crippen LogP contribution in [0.1, 0.15) is 34.5 Å². The number of nitrogens with one attached hydrogen (secondary N) is 1. The lowest BCUT2D eigenvalue weighted by atomic mass is 10.1. The van der Waals surface area contributed by atoms with Crippen molar-refractivity contribution in [2.24, 2.45) is 0 Å². The van der Waals surface area contributed by atoms with Gasteiger partial charge in [-0.25, -0.2) is 0 Å². The molecule has 0 saturated heterocycles. The molecule has 26 heavy (non-hydrogen) atoms. The highest BCUT2D eigenvalue weighted by Gasteiger charge is 2.21. The lowest BCUT2D eigenvalue weighted by molar-refractivity contribution is 0.0939. The predicted molar refractivity (Wildman–Crippen MR) is 104 cm³/mol. The Morgan fingerprint density at radius 1 is 1.08 bits per heavy atom. The Bertz CT molecular complexity index is 923. The van der Waals surface area contributed by atoms with E-state index in [1.165, 1.54) is 11.3 Å². The molecule has 0 bridgehead atoms. The van der Waals surface area contributed by atoms with Crippen molar-refractivity contribution in [3.05, 3.63) is 89.7 Å². The zero-order valence-corrected chi connectivity index (χ0v) is 14.7. The maximum absolute atomic E-state index is 12.7. The highest BCUT2D eigenvalue weighted by atomic mass is 16.1. The predicted octanol–water partition coefficient (Wildman–Crippen LogP) is 4.27. The summed E-state index contributed by atoms with van der Waals surface area (Å²) >= 11 is 0. The molecule has 1 aliphatic heterocycles. The Hall–Kier alpha value is -3.14. The van der Waals surface area contributed by atoms with Gasteiger partial charge in [-0.3, -0.25) is 9.78 Å². The standard InChI is InChI=1S/C22H21N3O/c1-16(17-7-3-2-4-8-17)24-22(26)19-13-20(15-23-14-19)25-12-11-18-9-5-6-10-21(18)25/h2-10,13-16H,11-12H2,1H3,(H,24,26). The minimum Gasteiger partial charge on any atom is -0.345 e. The van der Waals surface area contributed by atoms with Gasteiger partial charge in [0.25, 0.3) is 5.91 Å². The first-order chi connectivity index (χ1) is 12.7. The van der Waals surface area contributed by atoms with Crippen LogP contribution >= 0.6 is 0 Å². The molecule has 4 rings (SSSR count). The lowest BCUT2D eigenvalue weighted by Gasteiger charge is -2.20. The number of nitrogens with zero attached hydrogens (tertiary/aromatic N) is 2. The molecule has 1 unspecified atom stereocenters. The van der Waals surface area contributed by atoms with E-state index in [-0.39, 0.29) is 11.9 Å². The number of para-hydroxylation sites is 1. The third kappa shape index (κ3) is 3.18. The smallest absolute Gasteiger partial charge is 0.253 e. The summed E-state index contributed by atoms with van der Waals surface area (Å²) < 4.78 is 0. The van der Waals surface area contributed by atoms with E-state index >= 15 is 0 Å². The van der Waals surface area contributed by atoms with Crippen LogP contribution in [0.2, 0.25) is 0 Å². The summed E-state index contributed by atoms with van der Waals surface area (Å²) in [5.41, 5.74) is 5.15. The molecule has 4 nitrogen and oxygen atoms in total. The van der Waals surface area contributed by atoms with Gasteiger partial charge in [0.15, 0.2) is 0 Å². The Morgan fingerprint density at radius 2 is 1.85 bits per heavy atom. The van der Waals surface area contributed by atoms with Crippen molar-refractivity contribution >= 4 is 17.3 Å². The van der Waals surface area contributed by atoms with E-state index < -0.39 is 0 Å². The first-order valence-electron chi connectivity index (χ1n) is 8.88. The van der Waals surface area contributed by atoms with E-state index in [0.29, 0.717) is 5.56 Å². The molecule has 2 aromatic carbocycles. The van der Waals surface area contributed by atoms with Crippen LogP contribution in [0.15, 0.2) is 73.1 Å². The van der Waals surface area contributed by atoms with Gasteiger partial charge in [-0.2, -0.15) is 0 Å². The van der Waals surface area contributed by atoms with E-state index in [2.05, 4.69) is 33.4 Å². The van der Waals surface area contributed by atoms with Gasteiger partial charge in [-0.1, -0.05) is 48.5 Å². The first-order valence-corrected chi connectivity index (χ1v) is 8.88. The summed E-state index contributed by atoms with van der Waals surface area (Å²) in [5.74, 6) is -0.108. The van der Waals surface area contributed by atoms with Crippen LogP contribution in [-0.2, 0) is 6.42 Å². The molecule has 1 N–H and O–H groups in total. The van der Waals surface area contributed by atoms with Gasteiger partial charge in [-0.05, 0) is 36.6 Å². The van der Waals surface area contributed by atoms with Crippen LogP contribution in [0.3, 0.4) is 0 Å². The minimum atomic E-state index is -0.108. The first kappa shape index (κ1) is 16.3. The molecule has 2 heterocycles. The maximum atomic E-state index is 12.7. The van der Waals surface area contributed by atoms with E-state index in [4.69, 9.17) is 0 Å². The van der Waals surface area contributed by atoms with E-state index in [1.807, 2.05) is 55.6 Å². The molecule has 1 amide bonds. The number of fused-ring (bicyclic) bond motifs is 1. The van der Waals surface area contributed by atoms with Gasteiger partial charge in [0.05, 0.1) is 23.5 Å². The number of hydrogen-bond donors (Lipinski definition) is 1. The third-order valence-electron chi connectivity index (χ3n) is 4.83. The molecule has 0 spiro atoms. The highest BCUT2D eigenvalue weighted by Crippen LogP contribution is 2.34. The van der Waals surface area contributed by atoms with Crippen molar-refractivity contribution in [3.63, 3.8) is 0 Å². The van der Waals surface area contributed by atoms with E-state index in [0.717, 1.165) is 24.2 Å². The van der Waals surface area contributed by atoms with Crippen LogP contribution < -0.4 is 10.2 Å². The van der Waals surface area contributed by atoms with Gasteiger partial charge in [0.2, 0.25) is 0 Å². The Labute approximate surface area is 153 Å². The fourth-order valence-electron chi connectivity index (χ4n) is 3.41. The summed E-state index contributed by atoms with van der Waals surface area (Å²) in [4.78, 5) is 19.2. The van der Waals surface area contributed by atoms with Gasteiger partial charge >= 0.3 is 0 Å². The fraction of sp³-hybridized carbons (Fsp3) is 0.182. The molecule has 1 atom stereocenters. The van der Waals surface area contributed by atoms with Gasteiger partial charge in [0.1, 0.15) is 0 Å². The summed E-state index contributed by atoms with van der Waals surface area (Å²) in [5, 5.41) is 3.05. The zero-order valence-electron chi connectivity index (χ0n) is 14.7. The second-order valence-electron chi connectivity index (χ2n) is 6.57. The maximum Gasteiger partial charge on any atom is 0.253 e. The summed E-state index contributed by atoms with van der Waals surface area (Å²) in [6.45, 7) is 2.90. The third-order valence-corrected chi connectivity index (χ3v) is 4.83. The number of amides is 1. The fourth-order valence-corrected chi connectivity index (χ4v) is 3.41. The van der Waals surface area contributed by atoms with Crippen molar-refractivity contribution in [1.82, 2.24) is 10.3 Å². The van der Waals surface area contributed by atoms with Crippen LogP contribution in [0, 0.1) is 0 Å². The topological polar surface area (TPSA) is 45.2 Å². The van der Waals surface area contributed by atoms with Crippen molar-refractivity contribution in [2.75, 3.05) is 11.4 Å². The Morgan fingerprint density at radius 3 is 2.69 bits per heavy atom. The molecular weight excluding hydrogens is 322 g/mol. The van der Waals surface area contributed by atoms with Gasteiger partial charge in [-0.15, -0.1) is 0 Å². The molecule has 0 aliphatic carbocycles. The van der Waals surface area contributed by atoms with E-state index in [1.54, 1.807) is 6.20 Å². The molecule has 1 aliphatic rings. The lowest BCUT2D eigenvalue weighted by Crippen LogP contribution is -2.27. The largest absolute Gasteiger partial charge is 0.345 e. The number of anilines is 2. The van der Waals surface area contributed by atoms with Crippen LogP contribution in [0.5, 0.6) is 0 Å². The average molecular weight is 343 g/mol. The number of carbonyl (C=O) groups is 1. The molecular formula is C22H21N3O. The molecule has 0 radical (unpaired) electrons. The van der Waals surface area contributed by atoms with Crippen molar-refractivity contribution in [2.45, 2.75) is 19.4 Å². The Balaban J connectivity index is 1.54. The highest BCUT2D eigenvalue weighted by molar-refractivity contribution is 5.95. The number of benzene rings is 2. The minimum absolute atomic E-state index is 0.0557. The van der Waals surface area contributed by atoms with Crippen LogP contribution in [0.25, 0.3) is 0 Å². The van der Waals surface area contributed by atoms with Crippen molar-refractivity contribution in [3.8, 4) is 0 Å². The SMILES string of the molecule is CC(NC(=O)c1cncc(N2CCc3ccccc32)c1)c1ccccc1.